The summed E-state index contributed by atoms with van der Waals surface area (Å²) in [7, 11) is 0. The van der Waals surface area contributed by atoms with Crippen molar-refractivity contribution in [3.8, 4) is 0 Å². The summed E-state index contributed by atoms with van der Waals surface area (Å²) >= 11 is 1.71. The van der Waals surface area contributed by atoms with Crippen LogP contribution in [-0.4, -0.2) is 9.78 Å². The molecule has 1 aromatic carbocycles. The van der Waals surface area contributed by atoms with Crippen LogP contribution in [0.15, 0.2) is 47.3 Å². The fourth-order valence-corrected chi connectivity index (χ4v) is 3.27. The summed E-state index contributed by atoms with van der Waals surface area (Å²) < 4.78 is 2.80. The molecule has 108 valence electrons. The summed E-state index contributed by atoms with van der Waals surface area (Å²) in [5.74, 6) is 0. The molecule has 0 unspecified atom stereocenters. The Bertz CT molecular complexity index is 807. The minimum Gasteiger partial charge on any atom is -0.268 e. The molecular formula is C17H18N2OS. The molecule has 0 aliphatic heterocycles. The zero-order valence-electron chi connectivity index (χ0n) is 12.5. The van der Waals surface area contributed by atoms with Crippen LogP contribution < -0.4 is 5.56 Å². The third-order valence-electron chi connectivity index (χ3n) is 3.42. The van der Waals surface area contributed by atoms with Gasteiger partial charge in [0.15, 0.2) is 0 Å². The van der Waals surface area contributed by atoms with Crippen LogP contribution in [0.5, 0.6) is 0 Å². The molecule has 4 heteroatoms. The lowest BCUT2D eigenvalue weighted by Crippen LogP contribution is -2.27. The lowest BCUT2D eigenvalue weighted by atomic mass is 9.92. The van der Waals surface area contributed by atoms with E-state index in [1.165, 1.54) is 10.1 Å². The summed E-state index contributed by atoms with van der Waals surface area (Å²) in [6, 6.07) is 13.8. The van der Waals surface area contributed by atoms with Crippen molar-refractivity contribution < 1.29 is 0 Å². The highest BCUT2D eigenvalue weighted by atomic mass is 32.1. The van der Waals surface area contributed by atoms with Crippen LogP contribution >= 0.6 is 11.3 Å². The average molecular weight is 298 g/mol. The van der Waals surface area contributed by atoms with Crippen molar-refractivity contribution in [1.29, 1.82) is 0 Å². The topological polar surface area (TPSA) is 34.9 Å². The number of rotatable bonds is 2. The van der Waals surface area contributed by atoms with Crippen molar-refractivity contribution in [2.45, 2.75) is 32.7 Å². The average Bonchev–Trinajstić information content (AvgIpc) is 2.82. The molecule has 0 saturated carbocycles. The smallest absolute Gasteiger partial charge is 0.267 e. The van der Waals surface area contributed by atoms with Crippen LogP contribution in [0.4, 0.5) is 0 Å². The van der Waals surface area contributed by atoms with E-state index in [4.69, 9.17) is 0 Å². The third kappa shape index (κ3) is 2.90. The molecule has 0 atom stereocenters. The van der Waals surface area contributed by atoms with Gasteiger partial charge < -0.3 is 0 Å². The number of thiophene rings is 1. The summed E-state index contributed by atoms with van der Waals surface area (Å²) in [6.07, 6.45) is 0. The third-order valence-corrected chi connectivity index (χ3v) is 4.52. The van der Waals surface area contributed by atoms with Crippen LogP contribution in [0.2, 0.25) is 0 Å². The van der Waals surface area contributed by atoms with Gasteiger partial charge in [0.05, 0.1) is 12.2 Å². The summed E-state index contributed by atoms with van der Waals surface area (Å²) in [6.45, 7) is 6.83. The Kier molecular flexibility index (Phi) is 3.41. The predicted molar refractivity (Wildman–Crippen MR) is 88.1 cm³/mol. The maximum atomic E-state index is 12.0. The molecule has 0 aliphatic rings. The Morgan fingerprint density at radius 3 is 2.62 bits per heavy atom. The van der Waals surface area contributed by atoms with Crippen molar-refractivity contribution in [3.05, 3.63) is 63.4 Å². The largest absolute Gasteiger partial charge is 0.268 e. The highest BCUT2D eigenvalue weighted by Gasteiger charge is 2.16. The van der Waals surface area contributed by atoms with Gasteiger partial charge in [0, 0.05) is 21.1 Å². The standard InChI is InChI=1S/C17H18N2OS/c1-17(2,3)15-8-9-16(20)19(18-15)11-13-10-12-6-4-5-7-14(12)21-13/h4-10H,11H2,1-3H3. The molecule has 0 amide bonds. The van der Waals surface area contributed by atoms with E-state index >= 15 is 0 Å². The van der Waals surface area contributed by atoms with Gasteiger partial charge in [-0.1, -0.05) is 39.0 Å². The van der Waals surface area contributed by atoms with E-state index in [2.05, 4.69) is 44.1 Å². The first kappa shape index (κ1) is 14.0. The Balaban J connectivity index is 1.99. The van der Waals surface area contributed by atoms with Crippen LogP contribution in [0.25, 0.3) is 10.1 Å². The van der Waals surface area contributed by atoms with Crippen LogP contribution in [0.3, 0.4) is 0 Å². The summed E-state index contributed by atoms with van der Waals surface area (Å²) in [5, 5.41) is 5.74. The number of nitrogens with zero attached hydrogens (tertiary/aromatic N) is 2. The maximum Gasteiger partial charge on any atom is 0.267 e. The lowest BCUT2D eigenvalue weighted by Gasteiger charge is -2.18. The van der Waals surface area contributed by atoms with E-state index in [0.717, 1.165) is 10.6 Å². The first-order chi connectivity index (χ1) is 9.93. The van der Waals surface area contributed by atoms with Gasteiger partial charge in [-0.3, -0.25) is 4.79 Å². The van der Waals surface area contributed by atoms with Gasteiger partial charge in [-0.25, -0.2) is 4.68 Å². The van der Waals surface area contributed by atoms with E-state index in [1.54, 1.807) is 22.1 Å². The van der Waals surface area contributed by atoms with Crippen LogP contribution in [-0.2, 0) is 12.0 Å². The molecule has 21 heavy (non-hydrogen) atoms. The number of aromatic nitrogens is 2. The molecule has 0 bridgehead atoms. The SMILES string of the molecule is CC(C)(C)c1ccc(=O)n(Cc2cc3ccccc3s2)n1. The van der Waals surface area contributed by atoms with Crippen molar-refractivity contribution in [2.24, 2.45) is 0 Å². The normalized spacial score (nSPS) is 12.0. The Labute approximate surface area is 127 Å². The van der Waals surface area contributed by atoms with Gasteiger partial charge in [0.2, 0.25) is 0 Å². The summed E-state index contributed by atoms with van der Waals surface area (Å²) in [5.41, 5.74) is 0.818. The first-order valence-electron chi connectivity index (χ1n) is 6.99. The molecule has 2 aromatic heterocycles. The maximum absolute atomic E-state index is 12.0. The molecule has 0 radical (unpaired) electrons. The van der Waals surface area contributed by atoms with Gasteiger partial charge in [-0.2, -0.15) is 5.10 Å². The van der Waals surface area contributed by atoms with Crippen LogP contribution in [0.1, 0.15) is 31.3 Å². The fraction of sp³-hybridized carbons (Fsp3) is 0.294. The highest BCUT2D eigenvalue weighted by Crippen LogP contribution is 2.25. The second-order valence-electron chi connectivity index (χ2n) is 6.21. The first-order valence-corrected chi connectivity index (χ1v) is 7.81. The molecule has 3 nitrogen and oxygen atoms in total. The molecule has 2 heterocycles. The van der Waals surface area contributed by atoms with E-state index < -0.39 is 0 Å². The number of hydrogen-bond acceptors (Lipinski definition) is 3. The zero-order chi connectivity index (χ0) is 15.0. The van der Waals surface area contributed by atoms with E-state index in [1.807, 2.05) is 18.2 Å². The van der Waals surface area contributed by atoms with Crippen molar-refractivity contribution in [1.82, 2.24) is 9.78 Å². The van der Waals surface area contributed by atoms with Crippen molar-refractivity contribution in [2.75, 3.05) is 0 Å². The molecule has 0 saturated heterocycles. The lowest BCUT2D eigenvalue weighted by molar-refractivity contribution is 0.519. The minimum absolute atomic E-state index is 0.0551. The van der Waals surface area contributed by atoms with Gasteiger partial charge in [-0.15, -0.1) is 11.3 Å². The molecule has 0 aliphatic carbocycles. The van der Waals surface area contributed by atoms with Gasteiger partial charge in [-0.05, 0) is 23.6 Å². The minimum atomic E-state index is -0.0599. The number of hydrogen-bond donors (Lipinski definition) is 0. The molecule has 3 rings (SSSR count). The monoisotopic (exact) mass is 298 g/mol. The Morgan fingerprint density at radius 2 is 1.90 bits per heavy atom. The van der Waals surface area contributed by atoms with Gasteiger partial charge in [0.1, 0.15) is 0 Å². The van der Waals surface area contributed by atoms with Crippen molar-refractivity contribution in [3.63, 3.8) is 0 Å². The van der Waals surface area contributed by atoms with Crippen LogP contribution in [0, 0.1) is 0 Å². The number of fused-ring (bicyclic) bond motifs is 1. The second kappa shape index (κ2) is 5.11. The zero-order valence-corrected chi connectivity index (χ0v) is 13.3. The molecule has 3 aromatic rings. The van der Waals surface area contributed by atoms with E-state index in [9.17, 15) is 4.79 Å². The Hall–Kier alpha value is -1.94. The van der Waals surface area contributed by atoms with E-state index in [-0.39, 0.29) is 11.0 Å². The Morgan fingerprint density at radius 1 is 1.14 bits per heavy atom. The van der Waals surface area contributed by atoms with Gasteiger partial charge in [0.25, 0.3) is 5.56 Å². The highest BCUT2D eigenvalue weighted by molar-refractivity contribution is 7.19. The fourth-order valence-electron chi connectivity index (χ4n) is 2.22. The molecule has 0 fully saturated rings. The molecular weight excluding hydrogens is 280 g/mol. The molecule has 0 N–H and O–H groups in total. The molecule has 0 spiro atoms. The quantitative estimate of drug-likeness (QED) is 0.721. The van der Waals surface area contributed by atoms with Gasteiger partial charge >= 0.3 is 0 Å². The van der Waals surface area contributed by atoms with Crippen molar-refractivity contribution >= 4 is 21.4 Å². The summed E-state index contributed by atoms with van der Waals surface area (Å²) in [4.78, 5) is 13.2. The predicted octanol–water partition coefficient (Wildman–Crippen LogP) is 3.80. The number of benzene rings is 1. The van der Waals surface area contributed by atoms with E-state index in [0.29, 0.717) is 6.54 Å². The second-order valence-corrected chi connectivity index (χ2v) is 7.38.